The molecule has 1 heterocycles. The Balaban J connectivity index is 1.71. The molecule has 3 aromatic rings. The maximum absolute atomic E-state index is 12.9. The van der Waals surface area contributed by atoms with Gasteiger partial charge in [0.2, 0.25) is 0 Å². The van der Waals surface area contributed by atoms with E-state index in [0.717, 1.165) is 15.8 Å². The molecule has 1 aliphatic heterocycles. The van der Waals surface area contributed by atoms with Crippen LogP contribution in [0.3, 0.4) is 0 Å². The summed E-state index contributed by atoms with van der Waals surface area (Å²) in [5.41, 5.74) is 0.918. The minimum atomic E-state index is -2.70. The van der Waals surface area contributed by atoms with Gasteiger partial charge in [0, 0.05) is 16.5 Å². The first-order chi connectivity index (χ1) is 14.8. The molecule has 0 aliphatic carbocycles. The van der Waals surface area contributed by atoms with Gasteiger partial charge < -0.3 is 9.16 Å². The van der Waals surface area contributed by atoms with E-state index in [0.29, 0.717) is 6.42 Å². The van der Waals surface area contributed by atoms with Gasteiger partial charge in [0.25, 0.3) is 8.32 Å². The second kappa shape index (κ2) is 8.73. The molecule has 5 heteroatoms. The standard InChI is InChI=1S/C26H27BrO3Si/c1-26(2,3)31(21-10-6-4-7-11-21,22-12-8-5-9-13-22)29-18-25-23(28)17-19-16-20(27)14-15-24(19)30-25/h4-16,25H,17-18H2,1-3H3/t25-/m0/s1. The molecule has 1 atom stereocenters. The second-order valence-corrected chi connectivity index (χ2v) is 14.2. The summed E-state index contributed by atoms with van der Waals surface area (Å²) < 4.78 is 14.0. The quantitative estimate of drug-likeness (QED) is 0.473. The van der Waals surface area contributed by atoms with Crippen molar-refractivity contribution >= 4 is 40.4 Å². The number of carbonyl (C=O) groups is 1. The van der Waals surface area contributed by atoms with Gasteiger partial charge in [-0.3, -0.25) is 4.79 Å². The molecular weight excluding hydrogens is 468 g/mol. The Bertz CT molecular complexity index is 1020. The van der Waals surface area contributed by atoms with Gasteiger partial charge in [-0.25, -0.2) is 0 Å². The highest BCUT2D eigenvalue weighted by Gasteiger charge is 2.50. The van der Waals surface area contributed by atoms with Gasteiger partial charge in [-0.15, -0.1) is 0 Å². The molecule has 0 fully saturated rings. The first-order valence-corrected chi connectivity index (χ1v) is 13.2. The molecule has 0 saturated heterocycles. The minimum absolute atomic E-state index is 0.0588. The lowest BCUT2D eigenvalue weighted by molar-refractivity contribution is -0.127. The van der Waals surface area contributed by atoms with Gasteiger partial charge in [-0.1, -0.05) is 97.4 Å². The van der Waals surface area contributed by atoms with Crippen molar-refractivity contribution in [2.45, 2.75) is 38.3 Å². The zero-order chi connectivity index (χ0) is 22.1. The Labute approximate surface area is 193 Å². The van der Waals surface area contributed by atoms with Crippen molar-refractivity contribution in [2.24, 2.45) is 0 Å². The molecular formula is C26H27BrO3Si. The molecule has 0 aromatic heterocycles. The summed E-state index contributed by atoms with van der Waals surface area (Å²) >= 11 is 3.47. The summed E-state index contributed by atoms with van der Waals surface area (Å²) in [4.78, 5) is 12.9. The van der Waals surface area contributed by atoms with Crippen LogP contribution in [0, 0.1) is 0 Å². The van der Waals surface area contributed by atoms with Crippen molar-refractivity contribution in [2.75, 3.05) is 6.61 Å². The lowest BCUT2D eigenvalue weighted by atomic mass is 10.0. The Kier molecular flexibility index (Phi) is 6.20. The summed E-state index contributed by atoms with van der Waals surface area (Å²) in [5, 5.41) is 2.25. The van der Waals surface area contributed by atoms with Gasteiger partial charge in [0.1, 0.15) is 5.75 Å². The first kappa shape index (κ1) is 22.0. The van der Waals surface area contributed by atoms with Crippen molar-refractivity contribution in [1.82, 2.24) is 0 Å². The third kappa shape index (κ3) is 4.27. The number of fused-ring (bicyclic) bond motifs is 1. The van der Waals surface area contributed by atoms with Crippen LogP contribution in [0.5, 0.6) is 5.75 Å². The molecule has 31 heavy (non-hydrogen) atoms. The van der Waals surface area contributed by atoms with E-state index in [1.807, 2.05) is 30.3 Å². The molecule has 3 aromatic carbocycles. The van der Waals surface area contributed by atoms with E-state index >= 15 is 0 Å². The Morgan fingerprint density at radius 1 is 0.968 bits per heavy atom. The largest absolute Gasteiger partial charge is 0.480 e. The van der Waals surface area contributed by atoms with Crippen molar-refractivity contribution in [3.63, 3.8) is 0 Å². The number of halogens is 1. The molecule has 0 bridgehead atoms. The van der Waals surface area contributed by atoms with Gasteiger partial charge in [-0.2, -0.15) is 0 Å². The highest BCUT2D eigenvalue weighted by molar-refractivity contribution is 9.10. The number of Topliss-reactive ketones (excluding diaryl/α,β-unsaturated/α-hetero) is 1. The molecule has 0 unspecified atom stereocenters. The van der Waals surface area contributed by atoms with E-state index in [1.54, 1.807) is 0 Å². The first-order valence-electron chi connectivity index (χ1n) is 10.5. The van der Waals surface area contributed by atoms with Gasteiger partial charge in [0.15, 0.2) is 11.9 Å². The normalized spacial score (nSPS) is 16.5. The van der Waals surface area contributed by atoms with Gasteiger partial charge >= 0.3 is 0 Å². The minimum Gasteiger partial charge on any atom is -0.480 e. The summed E-state index contributed by atoms with van der Waals surface area (Å²) in [6.07, 6.45) is -0.237. The van der Waals surface area contributed by atoms with Crippen molar-refractivity contribution < 1.29 is 14.0 Å². The van der Waals surface area contributed by atoms with E-state index in [4.69, 9.17) is 9.16 Å². The molecule has 0 N–H and O–H groups in total. The molecule has 3 nitrogen and oxygen atoms in total. The zero-order valence-electron chi connectivity index (χ0n) is 18.1. The van der Waals surface area contributed by atoms with Crippen molar-refractivity contribution in [1.29, 1.82) is 0 Å². The Morgan fingerprint density at radius 3 is 2.10 bits per heavy atom. The third-order valence-corrected chi connectivity index (χ3v) is 11.4. The van der Waals surface area contributed by atoms with E-state index in [2.05, 4.69) is 85.2 Å². The van der Waals surface area contributed by atoms with Crippen LogP contribution in [-0.2, 0) is 15.6 Å². The third-order valence-electron chi connectivity index (χ3n) is 5.88. The van der Waals surface area contributed by atoms with Crippen LogP contribution in [0.4, 0.5) is 0 Å². The zero-order valence-corrected chi connectivity index (χ0v) is 20.7. The molecule has 0 amide bonds. The second-order valence-electron chi connectivity index (χ2n) is 8.98. The summed E-state index contributed by atoms with van der Waals surface area (Å²) in [7, 11) is -2.70. The van der Waals surface area contributed by atoms with Crippen LogP contribution in [0.25, 0.3) is 0 Å². The predicted octanol–water partition coefficient (Wildman–Crippen LogP) is 4.90. The van der Waals surface area contributed by atoms with Gasteiger partial charge in [0.05, 0.1) is 6.61 Å². The highest BCUT2D eigenvalue weighted by Crippen LogP contribution is 2.37. The predicted molar refractivity (Wildman–Crippen MR) is 131 cm³/mol. The summed E-state index contributed by atoms with van der Waals surface area (Å²) in [6.45, 7) is 6.93. The monoisotopic (exact) mass is 494 g/mol. The number of carbonyl (C=O) groups excluding carboxylic acids is 1. The summed E-state index contributed by atoms with van der Waals surface area (Å²) in [5.74, 6) is 0.822. The molecule has 0 spiro atoms. The van der Waals surface area contributed by atoms with Crippen LogP contribution in [-0.4, -0.2) is 26.8 Å². The molecule has 0 saturated carbocycles. The maximum atomic E-state index is 12.9. The average molecular weight is 495 g/mol. The number of hydrogen-bond donors (Lipinski definition) is 0. The van der Waals surface area contributed by atoms with Crippen LogP contribution in [0.1, 0.15) is 26.3 Å². The van der Waals surface area contributed by atoms with Crippen LogP contribution in [0.2, 0.25) is 5.04 Å². The number of benzene rings is 3. The average Bonchev–Trinajstić information content (AvgIpc) is 2.75. The topological polar surface area (TPSA) is 35.5 Å². The lowest BCUT2D eigenvalue weighted by Gasteiger charge is -2.43. The number of ketones is 1. The van der Waals surface area contributed by atoms with Crippen molar-refractivity contribution in [3.8, 4) is 5.75 Å². The van der Waals surface area contributed by atoms with E-state index < -0.39 is 14.4 Å². The van der Waals surface area contributed by atoms with Gasteiger partial charge in [-0.05, 0) is 33.6 Å². The fourth-order valence-corrected chi connectivity index (χ4v) is 9.38. The molecule has 1 aliphatic rings. The van der Waals surface area contributed by atoms with Crippen LogP contribution < -0.4 is 15.1 Å². The number of rotatable bonds is 5. The smallest absolute Gasteiger partial charge is 0.261 e. The number of ether oxygens (including phenoxy) is 1. The maximum Gasteiger partial charge on any atom is 0.261 e. The molecule has 4 rings (SSSR count). The fraction of sp³-hybridized carbons (Fsp3) is 0.269. The summed E-state index contributed by atoms with van der Waals surface area (Å²) in [6, 6.07) is 26.7. The molecule has 160 valence electrons. The fourth-order valence-electron chi connectivity index (χ4n) is 4.41. The molecule has 0 radical (unpaired) electrons. The van der Waals surface area contributed by atoms with Crippen LogP contribution in [0.15, 0.2) is 83.3 Å². The highest BCUT2D eigenvalue weighted by atomic mass is 79.9. The Hall–Kier alpha value is -2.21. The van der Waals surface area contributed by atoms with E-state index in [-0.39, 0.29) is 17.4 Å². The van der Waals surface area contributed by atoms with Crippen molar-refractivity contribution in [3.05, 3.63) is 88.9 Å². The van der Waals surface area contributed by atoms with E-state index in [1.165, 1.54) is 10.4 Å². The number of hydrogen-bond acceptors (Lipinski definition) is 3. The van der Waals surface area contributed by atoms with Crippen LogP contribution >= 0.6 is 15.9 Å². The lowest BCUT2D eigenvalue weighted by Crippen LogP contribution is -2.67. The SMILES string of the molecule is CC(C)(C)[Si](OC[C@@H]1Oc2ccc(Br)cc2CC1=O)(c1ccccc1)c1ccccc1. The Morgan fingerprint density at radius 2 is 1.55 bits per heavy atom. The van der Waals surface area contributed by atoms with E-state index in [9.17, 15) is 4.79 Å².